The van der Waals surface area contributed by atoms with Crippen molar-refractivity contribution in [2.24, 2.45) is 10.9 Å². The summed E-state index contributed by atoms with van der Waals surface area (Å²) in [6, 6.07) is 0.377. The average molecular weight is 239 g/mol. The Morgan fingerprint density at radius 2 is 2.25 bits per heavy atom. The standard InChI is InChI=1S/C11H17N3OS/c15-10-4-3-8(5-12-10)14-11-13-6-9(16-11)7-1-2-7/h7-9H,1-6H2,(H,12,15)(H,13,14). The average Bonchev–Trinajstić information content (AvgIpc) is 3.04. The van der Waals surface area contributed by atoms with Crippen molar-refractivity contribution in [2.75, 3.05) is 13.1 Å². The molecule has 2 atom stereocenters. The number of amides is 1. The zero-order valence-corrected chi connectivity index (χ0v) is 10.1. The molecular formula is C11H17N3OS. The first kappa shape index (κ1) is 10.4. The van der Waals surface area contributed by atoms with Crippen LogP contribution < -0.4 is 10.6 Å². The fourth-order valence-corrected chi connectivity index (χ4v) is 3.50. The van der Waals surface area contributed by atoms with Crippen LogP contribution in [0.1, 0.15) is 25.7 Å². The third-order valence-electron chi connectivity index (χ3n) is 3.42. The van der Waals surface area contributed by atoms with E-state index >= 15 is 0 Å². The predicted octanol–water partition coefficient (Wildman–Crippen LogP) is 0.736. The van der Waals surface area contributed by atoms with E-state index in [4.69, 9.17) is 0 Å². The van der Waals surface area contributed by atoms with Gasteiger partial charge in [0.15, 0.2) is 5.17 Å². The van der Waals surface area contributed by atoms with Gasteiger partial charge in [-0.05, 0) is 25.2 Å². The lowest BCUT2D eigenvalue weighted by Gasteiger charge is -2.24. The minimum Gasteiger partial charge on any atom is -0.360 e. The maximum Gasteiger partial charge on any atom is 0.220 e. The SMILES string of the molecule is O=C1CCC(NC2=NCC(C3CC3)S2)CN1. The van der Waals surface area contributed by atoms with Crippen molar-refractivity contribution >= 4 is 22.8 Å². The number of piperidine rings is 1. The van der Waals surface area contributed by atoms with Crippen LogP contribution in [-0.4, -0.2) is 35.5 Å². The second kappa shape index (κ2) is 4.28. The highest BCUT2D eigenvalue weighted by Crippen LogP contribution is 2.41. The van der Waals surface area contributed by atoms with Gasteiger partial charge in [0.05, 0.1) is 6.54 Å². The summed E-state index contributed by atoms with van der Waals surface area (Å²) in [7, 11) is 0. The van der Waals surface area contributed by atoms with E-state index in [-0.39, 0.29) is 5.91 Å². The van der Waals surface area contributed by atoms with Crippen molar-refractivity contribution in [1.29, 1.82) is 0 Å². The first-order chi connectivity index (χ1) is 7.81. The van der Waals surface area contributed by atoms with Crippen LogP contribution in [0.25, 0.3) is 0 Å². The molecule has 4 nitrogen and oxygen atoms in total. The summed E-state index contributed by atoms with van der Waals surface area (Å²) in [6.45, 7) is 1.73. The van der Waals surface area contributed by atoms with Gasteiger partial charge in [-0.1, -0.05) is 11.8 Å². The maximum absolute atomic E-state index is 11.0. The molecule has 2 heterocycles. The molecule has 0 spiro atoms. The molecule has 2 N–H and O–H groups in total. The number of hydrogen-bond acceptors (Lipinski definition) is 4. The molecule has 0 aromatic heterocycles. The monoisotopic (exact) mass is 239 g/mol. The van der Waals surface area contributed by atoms with Gasteiger partial charge in [-0.2, -0.15) is 0 Å². The third kappa shape index (κ3) is 2.34. The van der Waals surface area contributed by atoms with Crippen LogP contribution in [0.15, 0.2) is 4.99 Å². The van der Waals surface area contributed by atoms with E-state index in [2.05, 4.69) is 15.6 Å². The third-order valence-corrected chi connectivity index (χ3v) is 4.73. The van der Waals surface area contributed by atoms with Gasteiger partial charge in [-0.3, -0.25) is 9.79 Å². The summed E-state index contributed by atoms with van der Waals surface area (Å²) in [4.78, 5) is 15.6. The topological polar surface area (TPSA) is 53.5 Å². The van der Waals surface area contributed by atoms with Crippen molar-refractivity contribution in [3.8, 4) is 0 Å². The Kier molecular flexibility index (Phi) is 2.79. The Labute approximate surface area is 99.7 Å². The van der Waals surface area contributed by atoms with Crippen molar-refractivity contribution in [3.63, 3.8) is 0 Å². The minimum atomic E-state index is 0.176. The van der Waals surface area contributed by atoms with E-state index in [1.807, 2.05) is 11.8 Å². The summed E-state index contributed by atoms with van der Waals surface area (Å²) in [5.74, 6) is 1.09. The van der Waals surface area contributed by atoms with Gasteiger partial charge in [-0.25, -0.2) is 0 Å². The molecule has 0 aromatic rings. The molecule has 0 radical (unpaired) electrons. The van der Waals surface area contributed by atoms with Crippen LogP contribution in [-0.2, 0) is 4.79 Å². The molecule has 2 unspecified atom stereocenters. The van der Waals surface area contributed by atoms with E-state index in [0.29, 0.717) is 12.5 Å². The van der Waals surface area contributed by atoms with E-state index < -0.39 is 0 Å². The largest absolute Gasteiger partial charge is 0.360 e. The van der Waals surface area contributed by atoms with Gasteiger partial charge in [0, 0.05) is 24.3 Å². The molecular weight excluding hydrogens is 222 g/mol. The van der Waals surface area contributed by atoms with Crippen LogP contribution in [0.4, 0.5) is 0 Å². The summed E-state index contributed by atoms with van der Waals surface area (Å²) in [5, 5.41) is 8.15. The number of amidine groups is 1. The number of carbonyl (C=O) groups excluding carboxylic acids is 1. The number of nitrogens with one attached hydrogen (secondary N) is 2. The number of aliphatic imine (C=N–C) groups is 1. The quantitative estimate of drug-likeness (QED) is 0.747. The smallest absolute Gasteiger partial charge is 0.220 e. The number of carbonyl (C=O) groups is 1. The number of hydrogen-bond donors (Lipinski definition) is 2. The summed E-state index contributed by atoms with van der Waals surface area (Å²) in [6.07, 6.45) is 4.35. The lowest BCUT2D eigenvalue weighted by atomic mass is 10.1. The molecule has 2 fully saturated rings. The Morgan fingerprint density at radius 3 is 2.94 bits per heavy atom. The van der Waals surface area contributed by atoms with Crippen LogP contribution in [0, 0.1) is 5.92 Å². The van der Waals surface area contributed by atoms with Crippen LogP contribution >= 0.6 is 11.8 Å². The van der Waals surface area contributed by atoms with E-state index in [1.54, 1.807) is 0 Å². The Balaban J connectivity index is 1.46. The molecule has 16 heavy (non-hydrogen) atoms. The van der Waals surface area contributed by atoms with Gasteiger partial charge < -0.3 is 10.6 Å². The van der Waals surface area contributed by atoms with Crippen LogP contribution in [0.5, 0.6) is 0 Å². The van der Waals surface area contributed by atoms with Crippen LogP contribution in [0.2, 0.25) is 0 Å². The second-order valence-electron chi connectivity index (χ2n) is 4.82. The molecule has 1 amide bonds. The lowest BCUT2D eigenvalue weighted by molar-refractivity contribution is -0.122. The maximum atomic E-state index is 11.0. The number of thioether (sulfide) groups is 1. The van der Waals surface area contributed by atoms with Crippen molar-refractivity contribution in [3.05, 3.63) is 0 Å². The zero-order chi connectivity index (χ0) is 11.0. The Bertz CT molecular complexity index is 317. The van der Waals surface area contributed by atoms with Crippen molar-refractivity contribution < 1.29 is 4.79 Å². The van der Waals surface area contributed by atoms with Gasteiger partial charge in [0.25, 0.3) is 0 Å². The normalized spacial score (nSPS) is 34.5. The summed E-state index contributed by atoms with van der Waals surface area (Å²) >= 11 is 1.90. The fraction of sp³-hybridized carbons (Fsp3) is 0.818. The van der Waals surface area contributed by atoms with E-state index in [9.17, 15) is 4.79 Å². The van der Waals surface area contributed by atoms with Gasteiger partial charge in [0.1, 0.15) is 0 Å². The van der Waals surface area contributed by atoms with Gasteiger partial charge in [-0.15, -0.1) is 0 Å². The molecule has 3 aliphatic rings. The minimum absolute atomic E-state index is 0.176. The van der Waals surface area contributed by atoms with Gasteiger partial charge in [0.2, 0.25) is 5.91 Å². The second-order valence-corrected chi connectivity index (χ2v) is 6.05. The molecule has 2 aliphatic heterocycles. The molecule has 0 bridgehead atoms. The Hall–Kier alpha value is -0.710. The highest BCUT2D eigenvalue weighted by Gasteiger charge is 2.35. The molecule has 1 saturated carbocycles. The fourth-order valence-electron chi connectivity index (χ4n) is 2.21. The number of nitrogens with zero attached hydrogens (tertiary/aromatic N) is 1. The highest BCUT2D eigenvalue weighted by molar-refractivity contribution is 8.14. The van der Waals surface area contributed by atoms with Crippen molar-refractivity contribution in [2.45, 2.75) is 37.0 Å². The first-order valence-corrected chi connectivity index (χ1v) is 6.93. The molecule has 1 saturated heterocycles. The zero-order valence-electron chi connectivity index (χ0n) is 9.24. The summed E-state index contributed by atoms with van der Waals surface area (Å²) < 4.78 is 0. The first-order valence-electron chi connectivity index (χ1n) is 6.05. The molecule has 5 heteroatoms. The van der Waals surface area contributed by atoms with Gasteiger partial charge >= 0.3 is 0 Å². The molecule has 88 valence electrons. The Morgan fingerprint density at radius 1 is 1.38 bits per heavy atom. The van der Waals surface area contributed by atoms with Crippen molar-refractivity contribution in [1.82, 2.24) is 10.6 Å². The van der Waals surface area contributed by atoms with E-state index in [0.717, 1.165) is 35.8 Å². The lowest BCUT2D eigenvalue weighted by Crippen LogP contribution is -2.46. The predicted molar refractivity (Wildman–Crippen MR) is 65.6 cm³/mol. The molecule has 1 aliphatic carbocycles. The molecule has 0 aromatic carbocycles. The number of rotatable bonds is 2. The molecule has 3 rings (SSSR count). The summed E-state index contributed by atoms with van der Waals surface area (Å²) in [5.41, 5.74) is 0. The van der Waals surface area contributed by atoms with Crippen LogP contribution in [0.3, 0.4) is 0 Å². The van der Waals surface area contributed by atoms with E-state index in [1.165, 1.54) is 12.8 Å². The highest BCUT2D eigenvalue weighted by atomic mass is 32.2.